The molecule has 1 N–H and O–H groups in total. The number of para-hydroxylation sites is 1. The molecule has 0 bridgehead atoms. The predicted octanol–water partition coefficient (Wildman–Crippen LogP) is 5.13. The second-order valence-corrected chi connectivity index (χ2v) is 6.41. The van der Waals surface area contributed by atoms with E-state index in [-0.39, 0.29) is 11.6 Å². The third-order valence-electron chi connectivity index (χ3n) is 4.70. The van der Waals surface area contributed by atoms with Gasteiger partial charge in [0.1, 0.15) is 5.75 Å². The van der Waals surface area contributed by atoms with Crippen LogP contribution < -0.4 is 10.1 Å². The van der Waals surface area contributed by atoms with E-state index in [9.17, 15) is 13.6 Å². The number of ether oxygens (including phenoxy) is 1. The van der Waals surface area contributed by atoms with Gasteiger partial charge in [-0.1, -0.05) is 42.5 Å². The molecule has 0 fully saturated rings. The highest BCUT2D eigenvalue weighted by atomic mass is 19.2. The molecule has 5 heteroatoms. The molecule has 1 amide bonds. The molecular weight excluding hydrogens is 348 g/mol. The Labute approximate surface area is 155 Å². The molecule has 3 aromatic carbocycles. The van der Waals surface area contributed by atoms with Crippen molar-refractivity contribution >= 4 is 11.6 Å². The summed E-state index contributed by atoms with van der Waals surface area (Å²) in [5, 5.41) is 2.61. The third kappa shape index (κ3) is 3.40. The summed E-state index contributed by atoms with van der Waals surface area (Å²) in [6.45, 7) is 0.502. The lowest BCUT2D eigenvalue weighted by atomic mass is 9.85. The van der Waals surface area contributed by atoms with Crippen LogP contribution in [0.15, 0.2) is 66.7 Å². The number of carbonyl (C=O) groups is 1. The number of rotatable bonds is 3. The van der Waals surface area contributed by atoms with Crippen molar-refractivity contribution in [3.8, 4) is 5.75 Å². The van der Waals surface area contributed by atoms with E-state index >= 15 is 0 Å². The Bertz CT molecular complexity index is 989. The predicted molar refractivity (Wildman–Crippen MR) is 99.2 cm³/mol. The molecule has 0 radical (unpaired) electrons. The highest BCUT2D eigenvalue weighted by Crippen LogP contribution is 2.40. The van der Waals surface area contributed by atoms with Gasteiger partial charge in [-0.2, -0.15) is 0 Å². The molecule has 1 heterocycles. The maximum Gasteiger partial charge on any atom is 0.259 e. The van der Waals surface area contributed by atoms with Crippen LogP contribution in [0.25, 0.3) is 0 Å². The van der Waals surface area contributed by atoms with Crippen LogP contribution in [0.2, 0.25) is 0 Å². The Morgan fingerprint density at radius 2 is 1.78 bits per heavy atom. The molecule has 1 aliphatic rings. The Morgan fingerprint density at radius 3 is 2.56 bits per heavy atom. The second-order valence-electron chi connectivity index (χ2n) is 6.41. The lowest BCUT2D eigenvalue weighted by molar-refractivity contribution is 0.102. The summed E-state index contributed by atoms with van der Waals surface area (Å²) in [7, 11) is 0. The van der Waals surface area contributed by atoms with Crippen molar-refractivity contribution in [3.05, 3.63) is 95.1 Å². The normalized spacial score (nSPS) is 15.6. The first-order valence-corrected chi connectivity index (χ1v) is 8.70. The Hall–Kier alpha value is -3.21. The molecule has 136 valence electrons. The fourth-order valence-electron chi connectivity index (χ4n) is 3.41. The first-order valence-electron chi connectivity index (χ1n) is 8.70. The van der Waals surface area contributed by atoms with Gasteiger partial charge in [-0.15, -0.1) is 0 Å². The van der Waals surface area contributed by atoms with Crippen LogP contribution in [0, 0.1) is 11.6 Å². The molecule has 0 spiro atoms. The second kappa shape index (κ2) is 7.19. The number of hydrogen-bond donors (Lipinski definition) is 1. The summed E-state index contributed by atoms with van der Waals surface area (Å²) in [5.41, 5.74) is 2.68. The maximum absolute atomic E-state index is 13.4. The van der Waals surface area contributed by atoms with E-state index in [2.05, 4.69) is 17.4 Å². The quantitative estimate of drug-likeness (QED) is 0.699. The van der Waals surface area contributed by atoms with Crippen molar-refractivity contribution in [3.63, 3.8) is 0 Å². The molecule has 0 saturated carbocycles. The molecule has 1 aliphatic heterocycles. The number of carbonyl (C=O) groups excluding carboxylic acids is 1. The molecule has 3 aromatic rings. The van der Waals surface area contributed by atoms with E-state index in [0.717, 1.165) is 24.1 Å². The molecular formula is C22H17F2NO2. The Balaban J connectivity index is 1.66. The number of hydrogen-bond acceptors (Lipinski definition) is 2. The summed E-state index contributed by atoms with van der Waals surface area (Å²) in [6.07, 6.45) is 0.825. The fourth-order valence-corrected chi connectivity index (χ4v) is 3.41. The minimum Gasteiger partial charge on any atom is -0.492 e. The topological polar surface area (TPSA) is 38.3 Å². The maximum atomic E-state index is 13.4. The minimum atomic E-state index is -1.01. The SMILES string of the molecule is O=C(Nc1ccc(F)c(F)c1)c1cccc2c1OCCC2c1ccccc1. The van der Waals surface area contributed by atoms with Gasteiger partial charge in [0.25, 0.3) is 5.91 Å². The standard InChI is InChI=1S/C22H17F2NO2/c23-19-10-9-15(13-20(19)24)25-22(26)18-8-4-7-17-16(11-12-27-21(17)18)14-5-2-1-3-6-14/h1-10,13,16H,11-12H2,(H,25,26). The molecule has 0 saturated heterocycles. The number of fused-ring (bicyclic) bond motifs is 1. The zero-order valence-corrected chi connectivity index (χ0v) is 14.4. The monoisotopic (exact) mass is 365 g/mol. The number of halogens is 2. The highest BCUT2D eigenvalue weighted by molar-refractivity contribution is 6.06. The van der Waals surface area contributed by atoms with Gasteiger partial charge in [0.2, 0.25) is 0 Å². The van der Waals surface area contributed by atoms with Crippen LogP contribution in [0.4, 0.5) is 14.5 Å². The van der Waals surface area contributed by atoms with Crippen LogP contribution in [0.5, 0.6) is 5.75 Å². The first kappa shape index (κ1) is 17.2. The van der Waals surface area contributed by atoms with Crippen molar-refractivity contribution in [2.45, 2.75) is 12.3 Å². The summed E-state index contributed by atoms with van der Waals surface area (Å²) in [6, 6.07) is 18.8. The van der Waals surface area contributed by atoms with E-state index in [1.165, 1.54) is 11.6 Å². The number of benzene rings is 3. The molecule has 4 rings (SSSR count). The zero-order chi connectivity index (χ0) is 18.8. The third-order valence-corrected chi connectivity index (χ3v) is 4.70. The van der Waals surface area contributed by atoms with Gasteiger partial charge in [-0.25, -0.2) is 8.78 Å². The highest BCUT2D eigenvalue weighted by Gasteiger charge is 2.27. The smallest absolute Gasteiger partial charge is 0.259 e. The van der Waals surface area contributed by atoms with Crippen LogP contribution in [-0.2, 0) is 0 Å². The van der Waals surface area contributed by atoms with Crippen LogP contribution in [0.1, 0.15) is 33.8 Å². The summed E-state index contributed by atoms with van der Waals surface area (Å²) in [4.78, 5) is 12.7. The van der Waals surface area contributed by atoms with Gasteiger partial charge in [-0.3, -0.25) is 4.79 Å². The number of anilines is 1. The van der Waals surface area contributed by atoms with Gasteiger partial charge in [0.15, 0.2) is 11.6 Å². The molecule has 3 nitrogen and oxygen atoms in total. The van der Waals surface area contributed by atoms with Gasteiger partial charge in [-0.05, 0) is 30.2 Å². The fraction of sp³-hybridized carbons (Fsp3) is 0.136. The van der Waals surface area contributed by atoms with E-state index in [4.69, 9.17) is 4.74 Å². The lowest BCUT2D eigenvalue weighted by Gasteiger charge is -2.27. The van der Waals surface area contributed by atoms with Crippen molar-refractivity contribution in [2.75, 3.05) is 11.9 Å². The Kier molecular flexibility index (Phi) is 4.59. The van der Waals surface area contributed by atoms with Gasteiger partial charge in [0.05, 0.1) is 12.2 Å². The summed E-state index contributed by atoms with van der Waals surface area (Å²) in [5.74, 6) is -1.71. The number of amides is 1. The molecule has 0 aliphatic carbocycles. The lowest BCUT2D eigenvalue weighted by Crippen LogP contribution is -2.20. The molecule has 0 aromatic heterocycles. The average Bonchev–Trinajstić information content (AvgIpc) is 2.70. The van der Waals surface area contributed by atoms with Crippen LogP contribution in [0.3, 0.4) is 0 Å². The van der Waals surface area contributed by atoms with Crippen molar-refractivity contribution in [2.24, 2.45) is 0 Å². The zero-order valence-electron chi connectivity index (χ0n) is 14.4. The van der Waals surface area contributed by atoms with Crippen molar-refractivity contribution in [1.29, 1.82) is 0 Å². The van der Waals surface area contributed by atoms with Crippen molar-refractivity contribution < 1.29 is 18.3 Å². The number of nitrogens with one attached hydrogen (secondary N) is 1. The summed E-state index contributed by atoms with van der Waals surface area (Å²) < 4.78 is 32.3. The van der Waals surface area contributed by atoms with Crippen LogP contribution in [-0.4, -0.2) is 12.5 Å². The van der Waals surface area contributed by atoms with Crippen molar-refractivity contribution in [1.82, 2.24) is 0 Å². The average molecular weight is 365 g/mol. The Morgan fingerprint density at radius 1 is 0.963 bits per heavy atom. The van der Waals surface area contributed by atoms with Gasteiger partial charge < -0.3 is 10.1 Å². The van der Waals surface area contributed by atoms with E-state index in [1.54, 1.807) is 6.07 Å². The van der Waals surface area contributed by atoms with Gasteiger partial charge >= 0.3 is 0 Å². The molecule has 27 heavy (non-hydrogen) atoms. The van der Waals surface area contributed by atoms with E-state index in [0.29, 0.717) is 17.9 Å². The van der Waals surface area contributed by atoms with E-state index in [1.807, 2.05) is 30.3 Å². The first-order chi connectivity index (χ1) is 13.1. The van der Waals surface area contributed by atoms with E-state index < -0.39 is 17.5 Å². The van der Waals surface area contributed by atoms with Crippen LogP contribution >= 0.6 is 0 Å². The molecule has 1 unspecified atom stereocenters. The van der Waals surface area contributed by atoms with Gasteiger partial charge in [0, 0.05) is 23.2 Å². The minimum absolute atomic E-state index is 0.144. The largest absolute Gasteiger partial charge is 0.492 e. The summed E-state index contributed by atoms with van der Waals surface area (Å²) >= 11 is 0. The molecule has 1 atom stereocenters.